The summed E-state index contributed by atoms with van der Waals surface area (Å²) in [6.45, 7) is 10.2. The third kappa shape index (κ3) is 4.48. The Balaban J connectivity index is 2.14. The Labute approximate surface area is 186 Å². The molecule has 0 aromatic rings. The minimum Gasteiger partial charge on any atom is -0.466 e. The minimum absolute atomic E-state index is 0.0102. The van der Waals surface area contributed by atoms with E-state index >= 15 is 0 Å². The maximum Gasteiger partial charge on any atom is 0.341 e. The molecule has 2 saturated heterocycles. The van der Waals surface area contributed by atoms with Gasteiger partial charge in [-0.2, -0.15) is 0 Å². The van der Waals surface area contributed by atoms with Gasteiger partial charge < -0.3 is 23.7 Å². The minimum atomic E-state index is -1.34. The van der Waals surface area contributed by atoms with E-state index in [2.05, 4.69) is 6.58 Å². The molecule has 0 spiro atoms. The molecule has 2 aliphatic heterocycles. The summed E-state index contributed by atoms with van der Waals surface area (Å²) in [5.74, 6) is -3.70. The summed E-state index contributed by atoms with van der Waals surface area (Å²) in [4.78, 5) is 50.0. The van der Waals surface area contributed by atoms with Crippen molar-refractivity contribution >= 4 is 23.9 Å². The Hall–Kier alpha value is -2.94. The topological polar surface area (TPSA) is 118 Å². The van der Waals surface area contributed by atoms with Crippen LogP contribution in [0.15, 0.2) is 35.5 Å². The van der Waals surface area contributed by atoms with Crippen LogP contribution in [0.1, 0.15) is 40.5 Å². The Morgan fingerprint density at radius 2 is 1.91 bits per heavy atom. The summed E-state index contributed by atoms with van der Waals surface area (Å²) in [6.07, 6.45) is 0.540. The van der Waals surface area contributed by atoms with Crippen LogP contribution in [-0.4, -0.2) is 61.0 Å². The van der Waals surface area contributed by atoms with Crippen molar-refractivity contribution < 1.29 is 42.9 Å². The van der Waals surface area contributed by atoms with Crippen LogP contribution in [0.5, 0.6) is 0 Å². The molecule has 1 aliphatic carbocycles. The predicted octanol–water partition coefficient (Wildman–Crippen LogP) is 1.94. The predicted molar refractivity (Wildman–Crippen MR) is 110 cm³/mol. The molecule has 0 amide bonds. The molecule has 0 unspecified atom stereocenters. The average molecular weight is 448 g/mol. The third-order valence-corrected chi connectivity index (χ3v) is 6.07. The van der Waals surface area contributed by atoms with Gasteiger partial charge in [-0.3, -0.25) is 4.79 Å². The molecule has 2 fully saturated rings. The lowest BCUT2D eigenvalue weighted by molar-refractivity contribution is -0.173. The van der Waals surface area contributed by atoms with Gasteiger partial charge in [0.15, 0.2) is 17.8 Å². The largest absolute Gasteiger partial charge is 0.466 e. The number of epoxide rings is 1. The second-order valence-electron chi connectivity index (χ2n) is 8.39. The number of rotatable bonds is 4. The van der Waals surface area contributed by atoms with E-state index < -0.39 is 53.7 Å². The number of fused-ring (bicyclic) bond motifs is 1. The molecule has 3 aliphatic rings. The second kappa shape index (κ2) is 8.90. The van der Waals surface area contributed by atoms with Gasteiger partial charge >= 0.3 is 23.9 Å². The number of esters is 4. The van der Waals surface area contributed by atoms with Crippen molar-refractivity contribution in [3.05, 3.63) is 35.5 Å². The molecule has 0 radical (unpaired) electrons. The second-order valence-corrected chi connectivity index (χ2v) is 8.39. The van der Waals surface area contributed by atoms with Crippen LogP contribution in [0, 0.1) is 5.92 Å². The Morgan fingerprint density at radius 3 is 2.47 bits per heavy atom. The van der Waals surface area contributed by atoms with Crippen LogP contribution < -0.4 is 0 Å². The highest BCUT2D eigenvalue weighted by Crippen LogP contribution is 2.41. The summed E-state index contributed by atoms with van der Waals surface area (Å²) in [6, 6.07) is 0. The fourth-order valence-electron chi connectivity index (χ4n) is 3.98. The zero-order chi connectivity index (χ0) is 23.8. The van der Waals surface area contributed by atoms with Crippen LogP contribution in [0.25, 0.3) is 0 Å². The van der Waals surface area contributed by atoms with E-state index in [1.807, 2.05) is 6.92 Å². The zero-order valence-electron chi connectivity index (χ0n) is 18.8. The first-order valence-electron chi connectivity index (χ1n) is 10.4. The molecule has 2 heterocycles. The lowest BCUT2D eigenvalue weighted by Gasteiger charge is -2.33. The van der Waals surface area contributed by atoms with Crippen LogP contribution in [0.4, 0.5) is 0 Å². The van der Waals surface area contributed by atoms with Crippen molar-refractivity contribution in [3.63, 3.8) is 0 Å². The summed E-state index contributed by atoms with van der Waals surface area (Å²) < 4.78 is 27.1. The molecule has 0 aromatic carbocycles. The number of carbonyl (C=O) groups is 4. The molecule has 0 aromatic heterocycles. The maximum absolute atomic E-state index is 13.0. The van der Waals surface area contributed by atoms with E-state index in [1.165, 1.54) is 14.0 Å². The quantitative estimate of drug-likeness (QED) is 0.209. The third-order valence-electron chi connectivity index (χ3n) is 6.07. The van der Waals surface area contributed by atoms with Gasteiger partial charge in [-0.1, -0.05) is 18.2 Å². The zero-order valence-corrected chi connectivity index (χ0v) is 18.8. The number of hydrogen-bond donors (Lipinski definition) is 0. The van der Waals surface area contributed by atoms with Crippen LogP contribution in [0.2, 0.25) is 0 Å². The molecule has 174 valence electrons. The van der Waals surface area contributed by atoms with Gasteiger partial charge in [-0.05, 0) is 39.7 Å². The summed E-state index contributed by atoms with van der Waals surface area (Å²) in [7, 11) is 1.20. The number of carbonyl (C=O) groups excluding carboxylic acids is 4. The first-order valence-corrected chi connectivity index (χ1v) is 10.4. The normalized spacial score (nSPS) is 34.3. The Kier molecular flexibility index (Phi) is 6.59. The lowest BCUT2D eigenvalue weighted by Crippen LogP contribution is -2.47. The number of ether oxygens (including phenoxy) is 5. The summed E-state index contributed by atoms with van der Waals surface area (Å²) >= 11 is 0. The SMILES string of the molecule is C=C1C(=O)O[C@@H]2C=C(C)CCC=C(C(=O)OC)[C@@H](OC(C)=O)[C@H](OC(=O)[C@@]3(C)O[C@H]3C)[C@H]12. The van der Waals surface area contributed by atoms with Gasteiger partial charge in [0.05, 0.1) is 24.7 Å². The highest BCUT2D eigenvalue weighted by atomic mass is 16.7. The van der Waals surface area contributed by atoms with Gasteiger partial charge in [0.25, 0.3) is 0 Å². The van der Waals surface area contributed by atoms with Crippen LogP contribution in [-0.2, 0) is 42.9 Å². The van der Waals surface area contributed by atoms with E-state index in [-0.39, 0.29) is 17.3 Å². The number of hydrogen-bond acceptors (Lipinski definition) is 9. The van der Waals surface area contributed by atoms with Gasteiger partial charge in [0.2, 0.25) is 0 Å². The highest BCUT2D eigenvalue weighted by molar-refractivity contribution is 5.93. The van der Waals surface area contributed by atoms with Gasteiger partial charge in [0, 0.05) is 12.5 Å². The van der Waals surface area contributed by atoms with Crippen LogP contribution in [0.3, 0.4) is 0 Å². The molecule has 9 heteroatoms. The highest BCUT2D eigenvalue weighted by Gasteiger charge is 2.59. The van der Waals surface area contributed by atoms with Crippen molar-refractivity contribution in [3.8, 4) is 0 Å². The van der Waals surface area contributed by atoms with Gasteiger partial charge in [0.1, 0.15) is 6.10 Å². The molecule has 6 atom stereocenters. The summed E-state index contributed by atoms with van der Waals surface area (Å²) in [5.41, 5.74) is -0.216. The van der Waals surface area contributed by atoms with Crippen molar-refractivity contribution in [2.24, 2.45) is 5.92 Å². The van der Waals surface area contributed by atoms with E-state index in [0.717, 1.165) is 5.57 Å². The Morgan fingerprint density at radius 1 is 1.25 bits per heavy atom. The molecule has 32 heavy (non-hydrogen) atoms. The molecule has 0 saturated carbocycles. The van der Waals surface area contributed by atoms with Crippen LogP contribution >= 0.6 is 0 Å². The average Bonchev–Trinajstić information content (AvgIpc) is 3.25. The van der Waals surface area contributed by atoms with Crippen molar-refractivity contribution in [1.82, 2.24) is 0 Å². The molecule has 0 bridgehead atoms. The fourth-order valence-corrected chi connectivity index (χ4v) is 3.98. The molecule has 9 nitrogen and oxygen atoms in total. The van der Waals surface area contributed by atoms with Gasteiger partial charge in [-0.15, -0.1) is 0 Å². The number of allylic oxidation sites excluding steroid dienone is 2. The van der Waals surface area contributed by atoms with Crippen molar-refractivity contribution in [2.45, 2.75) is 70.6 Å². The smallest absolute Gasteiger partial charge is 0.341 e. The van der Waals surface area contributed by atoms with Crippen molar-refractivity contribution in [1.29, 1.82) is 0 Å². The molecular formula is C23H28O9. The molecule has 0 N–H and O–H groups in total. The van der Waals surface area contributed by atoms with Crippen molar-refractivity contribution in [2.75, 3.05) is 7.11 Å². The van der Waals surface area contributed by atoms with E-state index in [9.17, 15) is 19.2 Å². The first kappa shape index (κ1) is 23.7. The molecule has 3 rings (SSSR count). The summed E-state index contributed by atoms with van der Waals surface area (Å²) in [5, 5.41) is 0. The lowest BCUT2D eigenvalue weighted by atomic mass is 9.83. The maximum atomic E-state index is 13.0. The van der Waals surface area contributed by atoms with Gasteiger partial charge in [-0.25, -0.2) is 14.4 Å². The van der Waals surface area contributed by atoms with E-state index in [1.54, 1.807) is 26.0 Å². The number of methoxy groups -OCH3 is 1. The Bertz CT molecular complexity index is 914. The fraction of sp³-hybridized carbons (Fsp3) is 0.565. The monoisotopic (exact) mass is 448 g/mol. The van der Waals surface area contributed by atoms with E-state index in [4.69, 9.17) is 23.7 Å². The first-order chi connectivity index (χ1) is 15.0. The van der Waals surface area contributed by atoms with E-state index in [0.29, 0.717) is 12.8 Å². The standard InChI is InChI=1S/C23H28O9/c1-11-8-7-9-15(21(26)28-6)18(29-14(4)24)19(31-22(27)23(5)13(3)32-23)17-12(2)20(25)30-16(17)10-11/h9-10,13,16-19H,2,7-8H2,1,3-6H3/t13-,16+,17+,18+,19+,23-/m0/s1. The molecular weight excluding hydrogens is 420 g/mol.